The first kappa shape index (κ1) is 23.6. The minimum absolute atomic E-state index is 0.0451. The number of nitrogens with zero attached hydrogens (tertiary/aromatic N) is 3. The van der Waals surface area contributed by atoms with Crippen molar-refractivity contribution < 1.29 is 14.7 Å². The zero-order valence-electron chi connectivity index (χ0n) is 19.4. The Morgan fingerprint density at radius 1 is 1.14 bits per heavy atom. The fourth-order valence-corrected chi connectivity index (χ4v) is 5.91. The molecule has 2 heterocycles. The molecule has 35 heavy (non-hydrogen) atoms. The molecule has 2 aromatic heterocycles. The average Bonchev–Trinajstić information content (AvgIpc) is 3.47. The number of fused-ring (bicyclic) bond motifs is 1. The molecule has 0 radical (unpaired) electrons. The molecule has 2 aromatic carbocycles. The van der Waals surface area contributed by atoms with Crippen molar-refractivity contribution in [2.75, 3.05) is 4.90 Å². The number of thiazole rings is 1. The van der Waals surface area contributed by atoms with Crippen molar-refractivity contribution >= 4 is 50.8 Å². The molecule has 1 aliphatic rings. The third kappa shape index (κ3) is 4.58. The number of anilines is 1. The molecule has 1 aliphatic carbocycles. The highest BCUT2D eigenvalue weighted by atomic mass is 35.5. The van der Waals surface area contributed by atoms with Crippen LogP contribution in [-0.4, -0.2) is 32.5 Å². The van der Waals surface area contributed by atoms with Crippen LogP contribution in [-0.2, 0) is 11.2 Å². The van der Waals surface area contributed by atoms with E-state index in [-0.39, 0.29) is 30.0 Å². The van der Waals surface area contributed by atoms with Gasteiger partial charge in [-0.25, -0.2) is 4.98 Å². The van der Waals surface area contributed by atoms with E-state index in [1.807, 2.05) is 17.2 Å². The molecule has 1 saturated carbocycles. The van der Waals surface area contributed by atoms with E-state index >= 15 is 0 Å². The molecule has 0 saturated heterocycles. The standard InChI is InChI=1S/C27H26ClN3O3S/c1-17-22(16-25(33)31(27-29-13-14-35-27)20-5-3-2-4-6-20)23-15-21(32)11-12-24(23)30(17)26(34)18-7-9-19(28)10-8-18/h7-15,20,32H,2-6,16H2,1H3. The number of rotatable bonds is 5. The van der Waals surface area contributed by atoms with Crippen molar-refractivity contribution in [2.24, 2.45) is 0 Å². The van der Waals surface area contributed by atoms with Gasteiger partial charge in [0.2, 0.25) is 5.91 Å². The summed E-state index contributed by atoms with van der Waals surface area (Å²) in [4.78, 5) is 33.6. The summed E-state index contributed by atoms with van der Waals surface area (Å²) in [7, 11) is 0. The maximum atomic E-state index is 13.8. The topological polar surface area (TPSA) is 75.4 Å². The van der Waals surface area contributed by atoms with E-state index in [4.69, 9.17) is 11.6 Å². The van der Waals surface area contributed by atoms with Gasteiger partial charge in [-0.2, -0.15) is 0 Å². The number of phenolic OH excluding ortho intramolecular Hbond substituents is 1. The molecule has 1 amide bonds. The predicted molar refractivity (Wildman–Crippen MR) is 140 cm³/mol. The Morgan fingerprint density at radius 2 is 1.89 bits per heavy atom. The molecule has 0 unspecified atom stereocenters. The predicted octanol–water partition coefficient (Wildman–Crippen LogP) is 6.36. The summed E-state index contributed by atoms with van der Waals surface area (Å²) in [6, 6.07) is 11.8. The van der Waals surface area contributed by atoms with Crippen LogP contribution in [0.25, 0.3) is 10.9 Å². The van der Waals surface area contributed by atoms with Gasteiger partial charge in [0, 0.05) is 39.3 Å². The quantitative estimate of drug-likeness (QED) is 0.341. The number of aromatic nitrogens is 2. The number of carbonyl (C=O) groups is 2. The molecule has 0 spiro atoms. The van der Waals surface area contributed by atoms with Gasteiger partial charge in [0.15, 0.2) is 5.13 Å². The molecule has 5 rings (SSSR count). The molecular formula is C27H26ClN3O3S. The van der Waals surface area contributed by atoms with Crippen LogP contribution in [0.4, 0.5) is 5.13 Å². The molecule has 8 heteroatoms. The van der Waals surface area contributed by atoms with Crippen LogP contribution >= 0.6 is 22.9 Å². The minimum atomic E-state index is -0.211. The zero-order valence-corrected chi connectivity index (χ0v) is 21.0. The van der Waals surface area contributed by atoms with Crippen LogP contribution in [0, 0.1) is 6.92 Å². The van der Waals surface area contributed by atoms with Crippen molar-refractivity contribution in [3.05, 3.63) is 75.9 Å². The number of amides is 1. The van der Waals surface area contributed by atoms with Crippen molar-refractivity contribution in [3.8, 4) is 5.75 Å². The fraction of sp³-hybridized carbons (Fsp3) is 0.296. The summed E-state index contributed by atoms with van der Waals surface area (Å²) in [5.74, 6) is -0.166. The van der Waals surface area contributed by atoms with Crippen LogP contribution in [0.5, 0.6) is 5.75 Å². The second-order valence-corrected chi connectivity index (χ2v) is 10.3. The summed E-state index contributed by atoms with van der Waals surface area (Å²) in [6.45, 7) is 1.85. The Hall–Kier alpha value is -3.16. The van der Waals surface area contributed by atoms with Gasteiger partial charge in [-0.1, -0.05) is 30.9 Å². The molecule has 180 valence electrons. The monoisotopic (exact) mass is 507 g/mol. The van der Waals surface area contributed by atoms with Crippen LogP contribution in [0.15, 0.2) is 54.0 Å². The highest BCUT2D eigenvalue weighted by Crippen LogP contribution is 2.33. The summed E-state index contributed by atoms with van der Waals surface area (Å²) in [6.07, 6.45) is 7.15. The first-order valence-electron chi connectivity index (χ1n) is 11.8. The van der Waals surface area contributed by atoms with Crippen LogP contribution in [0.2, 0.25) is 5.02 Å². The zero-order chi connectivity index (χ0) is 24.5. The first-order valence-corrected chi connectivity index (χ1v) is 13.0. The minimum Gasteiger partial charge on any atom is -0.508 e. The lowest BCUT2D eigenvalue weighted by Gasteiger charge is -2.32. The van der Waals surface area contributed by atoms with E-state index in [0.29, 0.717) is 32.3 Å². The summed E-state index contributed by atoms with van der Waals surface area (Å²) < 4.78 is 1.62. The van der Waals surface area contributed by atoms with Gasteiger partial charge in [0.05, 0.1) is 11.9 Å². The van der Waals surface area contributed by atoms with Crippen LogP contribution in [0.1, 0.15) is 53.7 Å². The van der Waals surface area contributed by atoms with E-state index in [1.54, 1.807) is 53.2 Å². The van der Waals surface area contributed by atoms with E-state index in [9.17, 15) is 14.7 Å². The molecule has 0 aliphatic heterocycles. The number of aromatic hydroxyl groups is 1. The largest absolute Gasteiger partial charge is 0.508 e. The lowest BCUT2D eigenvalue weighted by molar-refractivity contribution is -0.118. The number of phenols is 1. The molecule has 0 bridgehead atoms. The Bertz CT molecular complexity index is 1370. The van der Waals surface area contributed by atoms with Gasteiger partial charge in [-0.15, -0.1) is 11.3 Å². The number of halogens is 1. The highest BCUT2D eigenvalue weighted by molar-refractivity contribution is 7.13. The fourth-order valence-electron chi connectivity index (χ4n) is 5.05. The van der Waals surface area contributed by atoms with Crippen molar-refractivity contribution in [3.63, 3.8) is 0 Å². The number of hydrogen-bond donors (Lipinski definition) is 1. The van der Waals surface area contributed by atoms with Crippen molar-refractivity contribution in [1.82, 2.24) is 9.55 Å². The Kier molecular flexibility index (Phi) is 6.62. The molecule has 4 aromatic rings. The van der Waals surface area contributed by atoms with Crippen LogP contribution in [0.3, 0.4) is 0 Å². The summed E-state index contributed by atoms with van der Waals surface area (Å²) >= 11 is 7.48. The first-order chi connectivity index (χ1) is 16.9. The Labute approximate surface area is 212 Å². The Morgan fingerprint density at radius 3 is 2.57 bits per heavy atom. The summed E-state index contributed by atoms with van der Waals surface area (Å²) in [5.41, 5.74) is 2.57. The van der Waals surface area contributed by atoms with Gasteiger partial charge in [0.25, 0.3) is 5.91 Å². The van der Waals surface area contributed by atoms with E-state index < -0.39 is 0 Å². The SMILES string of the molecule is Cc1c(CC(=O)N(c2nccs2)C2CCCCC2)c2cc(O)ccc2n1C(=O)c1ccc(Cl)cc1. The van der Waals surface area contributed by atoms with Gasteiger partial charge >= 0.3 is 0 Å². The van der Waals surface area contributed by atoms with Crippen molar-refractivity contribution in [1.29, 1.82) is 0 Å². The van der Waals surface area contributed by atoms with Gasteiger partial charge in [-0.3, -0.25) is 19.1 Å². The van der Waals surface area contributed by atoms with E-state index in [1.165, 1.54) is 17.8 Å². The van der Waals surface area contributed by atoms with Gasteiger partial charge in [0.1, 0.15) is 5.75 Å². The smallest absolute Gasteiger partial charge is 0.262 e. The maximum Gasteiger partial charge on any atom is 0.262 e. The third-order valence-corrected chi connectivity index (χ3v) is 7.80. The highest BCUT2D eigenvalue weighted by Gasteiger charge is 2.30. The van der Waals surface area contributed by atoms with E-state index in [0.717, 1.165) is 31.2 Å². The third-order valence-electron chi connectivity index (χ3n) is 6.77. The van der Waals surface area contributed by atoms with E-state index in [2.05, 4.69) is 4.98 Å². The number of carbonyl (C=O) groups excluding carboxylic acids is 2. The summed E-state index contributed by atoms with van der Waals surface area (Å²) in [5, 5.41) is 14.1. The Balaban J connectivity index is 1.56. The normalized spacial score (nSPS) is 14.3. The van der Waals surface area contributed by atoms with Crippen molar-refractivity contribution in [2.45, 2.75) is 51.5 Å². The van der Waals surface area contributed by atoms with Gasteiger partial charge < -0.3 is 5.11 Å². The van der Waals surface area contributed by atoms with Gasteiger partial charge in [-0.05, 0) is 67.8 Å². The lowest BCUT2D eigenvalue weighted by atomic mass is 9.94. The second-order valence-electron chi connectivity index (χ2n) is 8.96. The molecule has 1 fully saturated rings. The van der Waals surface area contributed by atoms with Crippen LogP contribution < -0.4 is 4.90 Å². The average molecular weight is 508 g/mol. The molecule has 0 atom stereocenters. The second kappa shape index (κ2) is 9.84. The number of benzene rings is 2. The molecule has 6 nitrogen and oxygen atoms in total. The molecular weight excluding hydrogens is 482 g/mol. The lowest BCUT2D eigenvalue weighted by Crippen LogP contribution is -2.42. The maximum absolute atomic E-state index is 13.8. The molecule has 1 N–H and O–H groups in total. The number of hydrogen-bond acceptors (Lipinski definition) is 5.